The third-order valence-electron chi connectivity index (χ3n) is 6.69. The number of benzene rings is 2. The quantitative estimate of drug-likeness (QED) is 0.744. The van der Waals surface area contributed by atoms with Crippen LogP contribution in [0.25, 0.3) is 0 Å². The highest BCUT2D eigenvalue weighted by molar-refractivity contribution is 8.00. The highest BCUT2D eigenvalue weighted by Gasteiger charge is 2.50. The zero-order chi connectivity index (χ0) is 20.7. The van der Waals surface area contributed by atoms with Gasteiger partial charge in [0.25, 0.3) is 5.91 Å². The average molecular weight is 425 g/mol. The molecular formula is C24H25FN2O2S. The van der Waals surface area contributed by atoms with Crippen molar-refractivity contribution in [3.8, 4) is 0 Å². The number of carbonyl (C=O) groups excluding carboxylic acids is 2. The third kappa shape index (κ3) is 3.51. The molecule has 2 amide bonds. The minimum Gasteiger partial charge on any atom is -0.342 e. The molecule has 3 aliphatic rings. The van der Waals surface area contributed by atoms with Gasteiger partial charge in [0.2, 0.25) is 5.91 Å². The Hall–Kier alpha value is -2.34. The molecule has 0 N–H and O–H groups in total. The first-order valence-corrected chi connectivity index (χ1v) is 11.6. The second-order valence-electron chi connectivity index (χ2n) is 8.45. The lowest BCUT2D eigenvalue weighted by atomic mass is 10.00. The summed E-state index contributed by atoms with van der Waals surface area (Å²) in [4.78, 5) is 29.7. The first-order chi connectivity index (χ1) is 14.6. The maximum absolute atomic E-state index is 13.6. The van der Waals surface area contributed by atoms with Gasteiger partial charge in [-0.3, -0.25) is 9.59 Å². The maximum Gasteiger partial charge on any atom is 0.255 e. The Balaban J connectivity index is 1.24. The largest absolute Gasteiger partial charge is 0.342 e. The fraction of sp³-hybridized carbons (Fsp3) is 0.417. The standard InChI is InChI=1S/C24H25FN2O2S/c25-19-8-4-7-18(15-19)22(28)27-13-14-30-24(27)9-11-26(12-10-24)23(29)21-16-20(21)17-5-2-1-3-6-17/h1-8,15,20-21H,9-14,16H2. The van der Waals surface area contributed by atoms with Gasteiger partial charge in [-0.05, 0) is 48.9 Å². The Labute approximate surface area is 180 Å². The maximum atomic E-state index is 13.6. The Morgan fingerprint density at radius 2 is 1.77 bits per heavy atom. The van der Waals surface area contributed by atoms with Crippen LogP contribution in [0.4, 0.5) is 4.39 Å². The molecule has 1 aliphatic carbocycles. The summed E-state index contributed by atoms with van der Waals surface area (Å²) in [5.74, 6) is 1.09. The third-order valence-corrected chi connectivity index (χ3v) is 8.24. The van der Waals surface area contributed by atoms with Crippen LogP contribution in [-0.2, 0) is 4.79 Å². The summed E-state index contributed by atoms with van der Waals surface area (Å²) in [7, 11) is 0. The number of carbonyl (C=O) groups is 2. The van der Waals surface area contributed by atoms with E-state index in [1.807, 2.05) is 39.8 Å². The molecule has 1 spiro atoms. The Kier molecular flexibility index (Phi) is 5.05. The van der Waals surface area contributed by atoms with Gasteiger partial charge in [0.15, 0.2) is 0 Å². The number of amides is 2. The van der Waals surface area contributed by atoms with E-state index in [1.54, 1.807) is 12.1 Å². The van der Waals surface area contributed by atoms with Gasteiger partial charge in [0.1, 0.15) is 5.82 Å². The zero-order valence-corrected chi connectivity index (χ0v) is 17.6. The fourth-order valence-electron chi connectivity index (χ4n) is 4.93. The number of hydrogen-bond acceptors (Lipinski definition) is 3. The van der Waals surface area contributed by atoms with Crippen LogP contribution in [0.3, 0.4) is 0 Å². The number of thioether (sulfide) groups is 1. The lowest BCUT2D eigenvalue weighted by Gasteiger charge is -2.44. The highest BCUT2D eigenvalue weighted by Crippen LogP contribution is 2.50. The van der Waals surface area contributed by atoms with E-state index in [1.165, 1.54) is 17.7 Å². The van der Waals surface area contributed by atoms with Crippen LogP contribution in [0.2, 0.25) is 0 Å². The van der Waals surface area contributed by atoms with Gasteiger partial charge >= 0.3 is 0 Å². The molecule has 2 aromatic rings. The second kappa shape index (κ2) is 7.73. The average Bonchev–Trinajstić information content (AvgIpc) is 3.49. The SMILES string of the molecule is O=C(C1CC1c1ccccc1)N1CCC2(CC1)SCCN2C(=O)c1cccc(F)c1. The summed E-state index contributed by atoms with van der Waals surface area (Å²) in [6, 6.07) is 16.2. The molecule has 156 valence electrons. The predicted octanol–water partition coefficient (Wildman–Crippen LogP) is 4.14. The van der Waals surface area contributed by atoms with Crippen molar-refractivity contribution < 1.29 is 14.0 Å². The molecule has 5 rings (SSSR count). The molecule has 1 saturated carbocycles. The summed E-state index contributed by atoms with van der Waals surface area (Å²) < 4.78 is 13.6. The molecule has 2 aromatic carbocycles. The van der Waals surface area contributed by atoms with E-state index in [9.17, 15) is 14.0 Å². The van der Waals surface area contributed by atoms with E-state index < -0.39 is 0 Å². The smallest absolute Gasteiger partial charge is 0.255 e. The molecule has 6 heteroatoms. The molecular weight excluding hydrogens is 399 g/mol. The lowest BCUT2D eigenvalue weighted by molar-refractivity contribution is -0.134. The molecule has 2 aliphatic heterocycles. The Morgan fingerprint density at radius 1 is 1.00 bits per heavy atom. The van der Waals surface area contributed by atoms with Gasteiger partial charge in [-0.2, -0.15) is 0 Å². The van der Waals surface area contributed by atoms with Crippen LogP contribution in [0.15, 0.2) is 54.6 Å². The molecule has 0 bridgehead atoms. The van der Waals surface area contributed by atoms with Crippen molar-refractivity contribution >= 4 is 23.6 Å². The van der Waals surface area contributed by atoms with Gasteiger partial charge in [-0.15, -0.1) is 11.8 Å². The Morgan fingerprint density at radius 3 is 2.50 bits per heavy atom. The summed E-state index contributed by atoms with van der Waals surface area (Å²) in [5, 5.41) is 0. The number of halogens is 1. The van der Waals surface area contributed by atoms with E-state index in [0.29, 0.717) is 31.1 Å². The second-order valence-corrected chi connectivity index (χ2v) is 9.90. The lowest BCUT2D eigenvalue weighted by Crippen LogP contribution is -2.53. The van der Waals surface area contributed by atoms with Crippen molar-refractivity contribution in [3.63, 3.8) is 0 Å². The van der Waals surface area contributed by atoms with E-state index in [2.05, 4.69) is 12.1 Å². The number of nitrogens with zero attached hydrogens (tertiary/aromatic N) is 2. The molecule has 2 heterocycles. The molecule has 30 heavy (non-hydrogen) atoms. The van der Waals surface area contributed by atoms with Crippen molar-refractivity contribution in [2.24, 2.45) is 5.92 Å². The van der Waals surface area contributed by atoms with Crippen molar-refractivity contribution in [3.05, 3.63) is 71.5 Å². The van der Waals surface area contributed by atoms with Gasteiger partial charge in [-0.25, -0.2) is 4.39 Å². The van der Waals surface area contributed by atoms with Gasteiger partial charge < -0.3 is 9.80 Å². The van der Waals surface area contributed by atoms with Crippen LogP contribution >= 0.6 is 11.8 Å². The molecule has 2 saturated heterocycles. The van der Waals surface area contributed by atoms with E-state index in [4.69, 9.17) is 0 Å². The predicted molar refractivity (Wildman–Crippen MR) is 116 cm³/mol. The molecule has 3 fully saturated rings. The topological polar surface area (TPSA) is 40.6 Å². The van der Waals surface area contributed by atoms with Crippen LogP contribution in [-0.4, -0.2) is 51.9 Å². The van der Waals surface area contributed by atoms with Gasteiger partial charge in [0, 0.05) is 36.9 Å². The van der Waals surface area contributed by atoms with E-state index in [0.717, 1.165) is 25.0 Å². The van der Waals surface area contributed by atoms with Gasteiger partial charge in [0.05, 0.1) is 4.87 Å². The summed E-state index contributed by atoms with van der Waals surface area (Å²) in [6.45, 7) is 2.03. The minimum absolute atomic E-state index is 0.0997. The summed E-state index contributed by atoms with van der Waals surface area (Å²) in [6.07, 6.45) is 2.48. The molecule has 2 unspecified atom stereocenters. The molecule has 0 radical (unpaired) electrons. The first-order valence-electron chi connectivity index (χ1n) is 10.6. The minimum atomic E-state index is -0.389. The van der Waals surface area contributed by atoms with Crippen LogP contribution in [0.1, 0.15) is 41.1 Å². The summed E-state index contributed by atoms with van der Waals surface area (Å²) >= 11 is 1.81. The van der Waals surface area contributed by atoms with E-state index >= 15 is 0 Å². The van der Waals surface area contributed by atoms with Crippen LogP contribution < -0.4 is 0 Å². The molecule has 2 atom stereocenters. The number of rotatable bonds is 3. The number of likely N-dealkylation sites (tertiary alicyclic amines) is 1. The number of piperidine rings is 1. The Bertz CT molecular complexity index is 959. The van der Waals surface area contributed by atoms with Crippen molar-refractivity contribution in [2.75, 3.05) is 25.4 Å². The van der Waals surface area contributed by atoms with Crippen LogP contribution in [0.5, 0.6) is 0 Å². The number of hydrogen-bond donors (Lipinski definition) is 0. The molecule has 4 nitrogen and oxygen atoms in total. The monoisotopic (exact) mass is 424 g/mol. The normalized spacial score (nSPS) is 24.8. The fourth-order valence-corrected chi connectivity index (χ4v) is 6.39. The zero-order valence-electron chi connectivity index (χ0n) is 16.8. The van der Waals surface area contributed by atoms with Crippen LogP contribution in [0, 0.1) is 11.7 Å². The van der Waals surface area contributed by atoms with Crippen molar-refractivity contribution in [1.82, 2.24) is 9.80 Å². The van der Waals surface area contributed by atoms with Crippen molar-refractivity contribution in [2.45, 2.75) is 30.1 Å². The molecule has 0 aromatic heterocycles. The van der Waals surface area contributed by atoms with Gasteiger partial charge in [-0.1, -0.05) is 36.4 Å². The highest BCUT2D eigenvalue weighted by atomic mass is 32.2. The van der Waals surface area contributed by atoms with E-state index in [-0.39, 0.29) is 28.4 Å². The van der Waals surface area contributed by atoms with Crippen molar-refractivity contribution in [1.29, 1.82) is 0 Å². The first kappa shape index (κ1) is 19.6. The summed E-state index contributed by atoms with van der Waals surface area (Å²) in [5.41, 5.74) is 1.65.